The minimum absolute atomic E-state index is 0.0676. The molecule has 0 radical (unpaired) electrons. The van der Waals surface area contributed by atoms with Crippen molar-refractivity contribution in [3.05, 3.63) is 57.0 Å². The summed E-state index contributed by atoms with van der Waals surface area (Å²) in [5.41, 5.74) is 2.00. The van der Waals surface area contributed by atoms with Gasteiger partial charge in [-0.2, -0.15) is 0 Å². The highest BCUT2D eigenvalue weighted by molar-refractivity contribution is 6.18. The van der Waals surface area contributed by atoms with Gasteiger partial charge in [0.05, 0.1) is 0 Å². The van der Waals surface area contributed by atoms with E-state index in [1.165, 1.54) is 12.1 Å². The molecule has 0 unspecified atom stereocenters. The fourth-order valence-electron chi connectivity index (χ4n) is 2.55. The molecule has 3 nitrogen and oxygen atoms in total. The monoisotopic (exact) mass is 221 g/mol. The molecule has 2 aliphatic carbocycles. The summed E-state index contributed by atoms with van der Waals surface area (Å²) < 4.78 is 0. The van der Waals surface area contributed by atoms with Gasteiger partial charge >= 0.3 is 0 Å². The van der Waals surface area contributed by atoms with Crippen LogP contribution in [-0.2, 0) is 0 Å². The predicted octanol–water partition coefficient (Wildman–Crippen LogP) is 2.02. The summed E-state index contributed by atoms with van der Waals surface area (Å²) in [6, 6.07) is 8.56. The molecule has 1 N–H and O–H groups in total. The van der Waals surface area contributed by atoms with Crippen molar-refractivity contribution in [3.63, 3.8) is 0 Å². The standard InChI is InChI=1S/C14H7NO2/c16-11-1-2-12(17)14-9-6-10-7(3-4-15-10)5-8(9)13(11)14/h1-6,15H. The van der Waals surface area contributed by atoms with Crippen molar-refractivity contribution in [2.24, 2.45) is 0 Å². The SMILES string of the molecule is O=c1ccc(=O)c2c3cc4[nH]ccc4cc3c1-2. The highest BCUT2D eigenvalue weighted by atomic mass is 16.1. The third-order valence-electron chi connectivity index (χ3n) is 3.36. The molecule has 0 amide bonds. The molecule has 0 bridgehead atoms. The Morgan fingerprint density at radius 3 is 2.18 bits per heavy atom. The van der Waals surface area contributed by atoms with Crippen molar-refractivity contribution in [2.45, 2.75) is 0 Å². The Hall–Kier alpha value is -2.42. The first kappa shape index (κ1) is 8.70. The number of benzene rings is 2. The maximum Gasteiger partial charge on any atom is 0.187 e. The van der Waals surface area contributed by atoms with Crippen molar-refractivity contribution in [2.75, 3.05) is 0 Å². The predicted molar refractivity (Wildman–Crippen MR) is 67.3 cm³/mol. The molecule has 0 spiro atoms. The van der Waals surface area contributed by atoms with E-state index in [4.69, 9.17) is 0 Å². The Morgan fingerprint density at radius 1 is 0.824 bits per heavy atom. The molecule has 0 saturated heterocycles. The molecule has 2 aliphatic rings. The van der Waals surface area contributed by atoms with E-state index in [0.717, 1.165) is 21.7 Å². The average molecular weight is 221 g/mol. The minimum Gasteiger partial charge on any atom is -0.361 e. The third-order valence-corrected chi connectivity index (χ3v) is 3.36. The zero-order chi connectivity index (χ0) is 11.6. The molecule has 0 fully saturated rings. The van der Waals surface area contributed by atoms with Crippen molar-refractivity contribution in [3.8, 4) is 11.1 Å². The minimum atomic E-state index is -0.0713. The normalized spacial score (nSPS) is 12.0. The maximum atomic E-state index is 11.7. The zero-order valence-corrected chi connectivity index (χ0v) is 8.78. The number of aromatic amines is 1. The van der Waals surface area contributed by atoms with Gasteiger partial charge in [0.1, 0.15) is 0 Å². The van der Waals surface area contributed by atoms with Crippen LogP contribution in [0.1, 0.15) is 0 Å². The molecule has 1 heterocycles. The van der Waals surface area contributed by atoms with Gasteiger partial charge in [-0.05, 0) is 41.1 Å². The lowest BCUT2D eigenvalue weighted by molar-refractivity contribution is 1.47. The fourth-order valence-corrected chi connectivity index (χ4v) is 2.55. The highest BCUT2D eigenvalue weighted by Crippen LogP contribution is 2.38. The second-order valence-corrected chi connectivity index (χ2v) is 4.27. The molecule has 1 aromatic carbocycles. The largest absolute Gasteiger partial charge is 0.361 e. The highest BCUT2D eigenvalue weighted by Gasteiger charge is 2.22. The number of hydrogen-bond acceptors (Lipinski definition) is 2. The first-order valence-electron chi connectivity index (χ1n) is 5.38. The molecule has 80 valence electrons. The molecular formula is C14H7NO2. The molecule has 0 saturated carbocycles. The Labute approximate surface area is 95.3 Å². The molecule has 17 heavy (non-hydrogen) atoms. The second-order valence-electron chi connectivity index (χ2n) is 4.27. The summed E-state index contributed by atoms with van der Waals surface area (Å²) in [7, 11) is 0. The lowest BCUT2D eigenvalue weighted by atomic mass is 9.86. The fraction of sp³-hybridized carbons (Fsp3) is 0. The van der Waals surface area contributed by atoms with Gasteiger partial charge in [0.15, 0.2) is 10.9 Å². The lowest BCUT2D eigenvalue weighted by Gasteiger charge is -2.15. The van der Waals surface area contributed by atoms with Crippen LogP contribution in [-0.4, -0.2) is 4.98 Å². The number of nitrogens with one attached hydrogen (secondary N) is 1. The molecule has 0 aliphatic heterocycles. The van der Waals surface area contributed by atoms with Crippen LogP contribution in [0.3, 0.4) is 0 Å². The van der Waals surface area contributed by atoms with E-state index >= 15 is 0 Å². The molecule has 2 aromatic rings. The Bertz CT molecular complexity index is 848. The van der Waals surface area contributed by atoms with E-state index in [1.807, 2.05) is 24.4 Å². The van der Waals surface area contributed by atoms with Gasteiger partial charge in [-0.25, -0.2) is 0 Å². The summed E-state index contributed by atoms with van der Waals surface area (Å²) in [5, 5.41) is 2.84. The van der Waals surface area contributed by atoms with Crippen molar-refractivity contribution in [1.82, 2.24) is 4.98 Å². The van der Waals surface area contributed by atoms with Crippen LogP contribution in [0, 0.1) is 0 Å². The Balaban J connectivity index is 2.36. The maximum absolute atomic E-state index is 11.7. The van der Waals surface area contributed by atoms with Crippen LogP contribution >= 0.6 is 0 Å². The first-order chi connectivity index (χ1) is 8.25. The van der Waals surface area contributed by atoms with E-state index in [1.54, 1.807) is 0 Å². The van der Waals surface area contributed by atoms with Gasteiger partial charge in [-0.15, -0.1) is 0 Å². The number of aromatic nitrogens is 1. The molecule has 4 rings (SSSR count). The van der Waals surface area contributed by atoms with Gasteiger partial charge in [0.2, 0.25) is 0 Å². The number of hydrogen-bond donors (Lipinski definition) is 1. The van der Waals surface area contributed by atoms with E-state index in [2.05, 4.69) is 4.98 Å². The topological polar surface area (TPSA) is 49.9 Å². The van der Waals surface area contributed by atoms with Gasteiger partial charge in [0.25, 0.3) is 0 Å². The second kappa shape index (κ2) is 2.63. The Morgan fingerprint density at radius 2 is 1.47 bits per heavy atom. The molecule has 1 aromatic heterocycles. The van der Waals surface area contributed by atoms with Crippen molar-refractivity contribution >= 4 is 21.7 Å². The third kappa shape index (κ3) is 0.916. The summed E-state index contributed by atoms with van der Waals surface area (Å²) in [4.78, 5) is 26.6. The van der Waals surface area contributed by atoms with Crippen molar-refractivity contribution in [1.29, 1.82) is 0 Å². The molecule has 3 heteroatoms. The van der Waals surface area contributed by atoms with Crippen LogP contribution in [0.2, 0.25) is 0 Å². The number of fused-ring (bicyclic) bond motifs is 5. The van der Waals surface area contributed by atoms with E-state index in [-0.39, 0.29) is 10.9 Å². The average Bonchev–Trinajstić information content (AvgIpc) is 2.74. The van der Waals surface area contributed by atoms with Crippen LogP contribution in [0.15, 0.2) is 46.1 Å². The van der Waals surface area contributed by atoms with Crippen LogP contribution in [0.4, 0.5) is 0 Å². The Kier molecular flexibility index (Phi) is 1.35. The summed E-state index contributed by atoms with van der Waals surface area (Å²) in [6.07, 6.45) is 1.85. The molecular weight excluding hydrogens is 214 g/mol. The van der Waals surface area contributed by atoms with Crippen LogP contribution < -0.4 is 10.9 Å². The summed E-state index contributed by atoms with van der Waals surface area (Å²) in [6.45, 7) is 0. The van der Waals surface area contributed by atoms with Crippen LogP contribution in [0.5, 0.6) is 0 Å². The summed E-state index contributed by atoms with van der Waals surface area (Å²) in [5.74, 6) is 0. The van der Waals surface area contributed by atoms with E-state index in [9.17, 15) is 9.59 Å². The van der Waals surface area contributed by atoms with Gasteiger partial charge in [0, 0.05) is 28.2 Å². The lowest BCUT2D eigenvalue weighted by Crippen LogP contribution is -2.18. The smallest absolute Gasteiger partial charge is 0.187 e. The zero-order valence-electron chi connectivity index (χ0n) is 8.78. The summed E-state index contributed by atoms with van der Waals surface area (Å²) >= 11 is 0. The molecule has 0 atom stereocenters. The van der Waals surface area contributed by atoms with E-state index < -0.39 is 0 Å². The van der Waals surface area contributed by atoms with Gasteiger partial charge < -0.3 is 4.98 Å². The van der Waals surface area contributed by atoms with E-state index in [0.29, 0.717) is 11.1 Å². The number of H-pyrrole nitrogens is 1. The first-order valence-corrected chi connectivity index (χ1v) is 5.38. The van der Waals surface area contributed by atoms with Gasteiger partial charge in [-0.3, -0.25) is 9.59 Å². The van der Waals surface area contributed by atoms with Crippen LogP contribution in [0.25, 0.3) is 32.8 Å². The quantitative estimate of drug-likeness (QED) is 0.494. The van der Waals surface area contributed by atoms with Crippen molar-refractivity contribution < 1.29 is 0 Å². The number of rotatable bonds is 0. The van der Waals surface area contributed by atoms with Gasteiger partial charge in [-0.1, -0.05) is 0 Å².